The van der Waals surface area contributed by atoms with Gasteiger partial charge >= 0.3 is 0 Å². The maximum absolute atomic E-state index is 5.80. The number of hydrogen-bond donors (Lipinski definition) is 1. The summed E-state index contributed by atoms with van der Waals surface area (Å²) in [6.45, 7) is 4.64. The average Bonchev–Trinajstić information content (AvgIpc) is 2.33. The predicted octanol–water partition coefficient (Wildman–Crippen LogP) is 3.75. The van der Waals surface area contributed by atoms with Gasteiger partial charge in [0.1, 0.15) is 11.6 Å². The van der Waals surface area contributed by atoms with Gasteiger partial charge in [0.05, 0.1) is 4.47 Å². The van der Waals surface area contributed by atoms with Crippen molar-refractivity contribution in [1.29, 1.82) is 0 Å². The number of nitrogens with zero attached hydrogens (tertiary/aromatic N) is 2. The van der Waals surface area contributed by atoms with Crippen molar-refractivity contribution in [3.05, 3.63) is 16.5 Å². The molecule has 0 radical (unpaired) electrons. The molecule has 17 heavy (non-hydrogen) atoms. The van der Waals surface area contributed by atoms with Crippen LogP contribution in [0.2, 0.25) is 0 Å². The van der Waals surface area contributed by atoms with Crippen molar-refractivity contribution < 1.29 is 0 Å². The standard InChI is InChI=1S/C13H20BrN3/c1-8(2)9-3-5-10(6-4-9)13-16-7-11(14)12(15)17-13/h7-10H,3-6H2,1-2H3,(H2,15,16,17). The Hall–Kier alpha value is -0.640. The van der Waals surface area contributed by atoms with Gasteiger partial charge in [-0.05, 0) is 53.4 Å². The van der Waals surface area contributed by atoms with E-state index in [1.54, 1.807) is 6.20 Å². The molecule has 0 bridgehead atoms. The average molecular weight is 298 g/mol. The smallest absolute Gasteiger partial charge is 0.141 e. The van der Waals surface area contributed by atoms with Crippen LogP contribution in [0.4, 0.5) is 5.82 Å². The molecule has 1 aromatic rings. The first-order valence-corrected chi connectivity index (χ1v) is 7.15. The summed E-state index contributed by atoms with van der Waals surface area (Å²) in [4.78, 5) is 8.78. The Labute approximate surface area is 111 Å². The molecule has 1 aliphatic carbocycles. The summed E-state index contributed by atoms with van der Waals surface area (Å²) < 4.78 is 0.789. The van der Waals surface area contributed by atoms with Crippen LogP contribution in [0.25, 0.3) is 0 Å². The van der Waals surface area contributed by atoms with Gasteiger partial charge in [0, 0.05) is 12.1 Å². The minimum absolute atomic E-state index is 0.500. The molecule has 1 aromatic heterocycles. The number of rotatable bonds is 2. The lowest BCUT2D eigenvalue weighted by Crippen LogP contribution is -2.19. The van der Waals surface area contributed by atoms with Crippen molar-refractivity contribution in [2.45, 2.75) is 45.4 Å². The molecule has 1 heterocycles. The van der Waals surface area contributed by atoms with Gasteiger partial charge in [-0.25, -0.2) is 9.97 Å². The summed E-state index contributed by atoms with van der Waals surface area (Å²) in [5.74, 6) is 3.65. The lowest BCUT2D eigenvalue weighted by molar-refractivity contribution is 0.255. The molecule has 0 aromatic carbocycles. The third-order valence-corrected chi connectivity index (χ3v) is 4.48. The van der Waals surface area contributed by atoms with Crippen LogP contribution in [0.15, 0.2) is 10.7 Å². The van der Waals surface area contributed by atoms with Gasteiger partial charge in [0.2, 0.25) is 0 Å². The number of hydrogen-bond acceptors (Lipinski definition) is 3. The molecule has 0 amide bonds. The summed E-state index contributed by atoms with van der Waals surface area (Å²) in [6.07, 6.45) is 6.75. The second-order valence-electron chi connectivity index (χ2n) is 5.32. The predicted molar refractivity (Wildman–Crippen MR) is 73.7 cm³/mol. The largest absolute Gasteiger partial charge is 0.383 e. The van der Waals surface area contributed by atoms with Crippen molar-refractivity contribution in [2.75, 3.05) is 5.73 Å². The van der Waals surface area contributed by atoms with E-state index in [1.807, 2.05) is 0 Å². The molecule has 94 valence electrons. The maximum Gasteiger partial charge on any atom is 0.141 e. The van der Waals surface area contributed by atoms with Crippen molar-refractivity contribution in [3.63, 3.8) is 0 Å². The van der Waals surface area contributed by atoms with Crippen LogP contribution in [0.3, 0.4) is 0 Å². The molecule has 0 aliphatic heterocycles. The molecule has 3 nitrogen and oxygen atoms in total. The minimum Gasteiger partial charge on any atom is -0.383 e. The number of nitrogen functional groups attached to an aromatic ring is 1. The second-order valence-corrected chi connectivity index (χ2v) is 6.17. The Morgan fingerprint density at radius 1 is 1.29 bits per heavy atom. The highest BCUT2D eigenvalue weighted by atomic mass is 79.9. The molecule has 2 rings (SSSR count). The third-order valence-electron chi connectivity index (χ3n) is 3.87. The van der Waals surface area contributed by atoms with Gasteiger partial charge in [-0.15, -0.1) is 0 Å². The second kappa shape index (κ2) is 5.34. The quantitative estimate of drug-likeness (QED) is 0.904. The summed E-state index contributed by atoms with van der Waals surface area (Å²) in [5.41, 5.74) is 5.80. The maximum atomic E-state index is 5.80. The molecule has 2 N–H and O–H groups in total. The number of aromatic nitrogens is 2. The highest BCUT2D eigenvalue weighted by molar-refractivity contribution is 9.10. The van der Waals surface area contributed by atoms with E-state index in [9.17, 15) is 0 Å². The van der Waals surface area contributed by atoms with Gasteiger partial charge in [-0.2, -0.15) is 0 Å². The minimum atomic E-state index is 0.500. The van der Waals surface area contributed by atoms with Crippen molar-refractivity contribution in [1.82, 2.24) is 9.97 Å². The van der Waals surface area contributed by atoms with E-state index in [-0.39, 0.29) is 0 Å². The molecular weight excluding hydrogens is 278 g/mol. The van der Waals surface area contributed by atoms with Crippen molar-refractivity contribution >= 4 is 21.7 Å². The van der Waals surface area contributed by atoms with E-state index >= 15 is 0 Å². The number of anilines is 1. The molecule has 1 fully saturated rings. The zero-order chi connectivity index (χ0) is 12.4. The van der Waals surface area contributed by atoms with Crippen molar-refractivity contribution in [3.8, 4) is 0 Å². The molecule has 1 saturated carbocycles. The lowest BCUT2D eigenvalue weighted by Gasteiger charge is -2.30. The molecular formula is C13H20BrN3. The molecule has 0 atom stereocenters. The fraction of sp³-hybridized carbons (Fsp3) is 0.692. The van der Waals surface area contributed by atoms with E-state index in [1.165, 1.54) is 25.7 Å². The SMILES string of the molecule is CC(C)C1CCC(c2ncc(Br)c(N)n2)CC1. The molecule has 0 saturated heterocycles. The number of halogens is 1. The van der Waals surface area contributed by atoms with Gasteiger partial charge in [0.15, 0.2) is 0 Å². The Kier molecular flexibility index (Phi) is 4.02. The van der Waals surface area contributed by atoms with Crippen LogP contribution in [0.1, 0.15) is 51.3 Å². The highest BCUT2D eigenvalue weighted by Crippen LogP contribution is 2.37. The van der Waals surface area contributed by atoms with Crippen molar-refractivity contribution in [2.24, 2.45) is 11.8 Å². The molecule has 4 heteroatoms. The summed E-state index contributed by atoms with van der Waals surface area (Å²) in [5, 5.41) is 0. The van der Waals surface area contributed by atoms with Crippen LogP contribution in [-0.4, -0.2) is 9.97 Å². The Balaban J connectivity index is 2.03. The zero-order valence-electron chi connectivity index (χ0n) is 10.5. The Morgan fingerprint density at radius 2 is 1.94 bits per heavy atom. The molecule has 0 spiro atoms. The normalized spacial score (nSPS) is 25.2. The summed E-state index contributed by atoms with van der Waals surface area (Å²) >= 11 is 3.33. The van der Waals surface area contributed by atoms with Crippen LogP contribution >= 0.6 is 15.9 Å². The molecule has 0 unspecified atom stereocenters. The fourth-order valence-corrected chi connectivity index (χ4v) is 2.83. The van der Waals surface area contributed by atoms with E-state index in [0.29, 0.717) is 11.7 Å². The Bertz CT molecular complexity index is 384. The van der Waals surface area contributed by atoms with E-state index in [0.717, 1.165) is 22.1 Å². The van der Waals surface area contributed by atoms with Gasteiger partial charge in [-0.3, -0.25) is 0 Å². The Morgan fingerprint density at radius 3 is 2.47 bits per heavy atom. The van der Waals surface area contributed by atoms with E-state index in [2.05, 4.69) is 39.7 Å². The highest BCUT2D eigenvalue weighted by Gasteiger charge is 2.25. The fourth-order valence-electron chi connectivity index (χ4n) is 2.64. The molecule has 1 aliphatic rings. The first kappa shape index (κ1) is 12.8. The number of nitrogens with two attached hydrogens (primary N) is 1. The van der Waals surface area contributed by atoms with Crippen LogP contribution in [-0.2, 0) is 0 Å². The third kappa shape index (κ3) is 2.97. The summed E-state index contributed by atoms with van der Waals surface area (Å²) in [6, 6.07) is 0. The zero-order valence-corrected chi connectivity index (χ0v) is 12.1. The van der Waals surface area contributed by atoms with Gasteiger partial charge in [0.25, 0.3) is 0 Å². The van der Waals surface area contributed by atoms with E-state index < -0.39 is 0 Å². The van der Waals surface area contributed by atoms with E-state index in [4.69, 9.17) is 5.73 Å². The van der Waals surface area contributed by atoms with Gasteiger partial charge in [-0.1, -0.05) is 13.8 Å². The van der Waals surface area contributed by atoms with Crippen LogP contribution in [0, 0.1) is 11.8 Å². The topological polar surface area (TPSA) is 51.8 Å². The van der Waals surface area contributed by atoms with Gasteiger partial charge < -0.3 is 5.73 Å². The first-order valence-electron chi connectivity index (χ1n) is 6.36. The lowest BCUT2D eigenvalue weighted by atomic mass is 9.77. The monoisotopic (exact) mass is 297 g/mol. The van der Waals surface area contributed by atoms with Crippen LogP contribution < -0.4 is 5.73 Å². The van der Waals surface area contributed by atoms with Crippen LogP contribution in [0.5, 0.6) is 0 Å². The summed E-state index contributed by atoms with van der Waals surface area (Å²) in [7, 11) is 0. The first-order chi connectivity index (χ1) is 8.08.